The minimum atomic E-state index is -0.595. The predicted molar refractivity (Wildman–Crippen MR) is 99.6 cm³/mol. The van der Waals surface area contributed by atoms with Crippen LogP contribution in [-0.4, -0.2) is 20.9 Å². The van der Waals surface area contributed by atoms with Gasteiger partial charge >= 0.3 is 0 Å². The summed E-state index contributed by atoms with van der Waals surface area (Å²) < 4.78 is 19.8. The number of rotatable bonds is 4. The van der Waals surface area contributed by atoms with E-state index in [-0.39, 0.29) is 5.82 Å². The molecule has 3 aromatic rings. The second kappa shape index (κ2) is 7.13. The third-order valence-electron chi connectivity index (χ3n) is 3.82. The lowest BCUT2D eigenvalue weighted by molar-refractivity contribution is 0.225. The van der Waals surface area contributed by atoms with E-state index in [0.29, 0.717) is 28.0 Å². The molecule has 1 aromatic heterocycles. The number of fused-ring (bicyclic) bond motifs is 3. The van der Waals surface area contributed by atoms with Crippen LogP contribution in [0.3, 0.4) is 0 Å². The van der Waals surface area contributed by atoms with Crippen molar-refractivity contribution >= 4 is 17.4 Å². The number of halogens is 1. The van der Waals surface area contributed by atoms with Gasteiger partial charge in [0.15, 0.2) is 11.9 Å². The molecule has 0 spiro atoms. The minimum absolute atomic E-state index is 0.325. The van der Waals surface area contributed by atoms with Crippen molar-refractivity contribution in [2.24, 2.45) is 0 Å². The molecule has 2 aromatic carbocycles. The summed E-state index contributed by atoms with van der Waals surface area (Å²) in [5.41, 5.74) is 2.87. The van der Waals surface area contributed by atoms with Gasteiger partial charge in [-0.1, -0.05) is 48.2 Å². The van der Waals surface area contributed by atoms with Crippen molar-refractivity contribution in [3.63, 3.8) is 0 Å². The molecule has 5 nitrogen and oxygen atoms in total. The summed E-state index contributed by atoms with van der Waals surface area (Å²) in [6, 6.07) is 14.0. The molecule has 130 valence electrons. The summed E-state index contributed by atoms with van der Waals surface area (Å²) in [4.78, 5) is 4.49. The van der Waals surface area contributed by atoms with E-state index in [2.05, 4.69) is 27.1 Å². The molecule has 7 heteroatoms. The molecule has 4 rings (SSSR count). The first-order chi connectivity index (χ1) is 12.7. The minimum Gasteiger partial charge on any atom is -0.448 e. The van der Waals surface area contributed by atoms with Crippen molar-refractivity contribution in [3.05, 3.63) is 72.6 Å². The van der Waals surface area contributed by atoms with Crippen LogP contribution >= 0.6 is 11.8 Å². The first-order valence-electron chi connectivity index (χ1n) is 8.01. The largest absolute Gasteiger partial charge is 0.448 e. The maximum Gasteiger partial charge on any atom is 0.247 e. The van der Waals surface area contributed by atoms with Crippen LogP contribution in [0.2, 0.25) is 0 Å². The van der Waals surface area contributed by atoms with Crippen LogP contribution in [0.15, 0.2) is 66.3 Å². The van der Waals surface area contributed by atoms with Gasteiger partial charge in [-0.3, -0.25) is 0 Å². The van der Waals surface area contributed by atoms with Crippen LogP contribution < -0.4 is 10.1 Å². The standard InChI is InChI=1S/C19H15FN4OS/c1-2-10-26-19-22-18-16(23-24-19)14-8-3-4-9-15(14)21-17(25-18)12-6-5-7-13(20)11-12/h2-9,11,17,21H,1,10H2/t17-/m0/s1. The summed E-state index contributed by atoms with van der Waals surface area (Å²) in [6.45, 7) is 3.69. The average Bonchev–Trinajstić information content (AvgIpc) is 2.83. The summed E-state index contributed by atoms with van der Waals surface area (Å²) in [7, 11) is 0. The number of nitrogens with one attached hydrogen (secondary N) is 1. The highest BCUT2D eigenvalue weighted by Gasteiger charge is 2.26. The van der Waals surface area contributed by atoms with E-state index in [1.54, 1.807) is 18.2 Å². The Morgan fingerprint density at radius 2 is 2.08 bits per heavy atom. The monoisotopic (exact) mass is 366 g/mol. The molecule has 0 saturated heterocycles. The van der Waals surface area contributed by atoms with E-state index in [1.807, 2.05) is 24.3 Å². The lowest BCUT2D eigenvalue weighted by atomic mass is 10.1. The molecule has 1 aliphatic rings. The van der Waals surface area contributed by atoms with Crippen LogP contribution in [0.4, 0.5) is 10.1 Å². The fraction of sp³-hybridized carbons (Fsp3) is 0.105. The van der Waals surface area contributed by atoms with Crippen LogP contribution in [0.25, 0.3) is 11.3 Å². The average molecular weight is 366 g/mol. The Morgan fingerprint density at radius 3 is 2.92 bits per heavy atom. The second-order valence-corrected chi connectivity index (χ2v) is 6.58. The molecule has 0 fully saturated rings. The Balaban J connectivity index is 1.80. The first kappa shape index (κ1) is 16.5. The number of hydrogen-bond donors (Lipinski definition) is 1. The van der Waals surface area contributed by atoms with Gasteiger partial charge in [-0.15, -0.1) is 16.8 Å². The fourth-order valence-electron chi connectivity index (χ4n) is 2.66. The lowest BCUT2D eigenvalue weighted by Crippen LogP contribution is -2.17. The Hall–Kier alpha value is -2.93. The zero-order valence-corrected chi connectivity index (χ0v) is 14.5. The molecule has 0 aliphatic carbocycles. The second-order valence-electron chi connectivity index (χ2n) is 5.59. The van der Waals surface area contributed by atoms with E-state index in [0.717, 1.165) is 11.3 Å². The maximum atomic E-state index is 13.7. The Morgan fingerprint density at radius 1 is 1.19 bits per heavy atom. The fourth-order valence-corrected chi connectivity index (χ4v) is 3.18. The smallest absolute Gasteiger partial charge is 0.247 e. The molecule has 0 bridgehead atoms. The molecule has 0 unspecified atom stereocenters. The first-order valence-corrected chi connectivity index (χ1v) is 8.99. The van der Waals surface area contributed by atoms with Crippen molar-refractivity contribution in [2.75, 3.05) is 11.1 Å². The number of benzene rings is 2. The van der Waals surface area contributed by atoms with Gasteiger partial charge in [0.05, 0.1) is 0 Å². The zero-order chi connectivity index (χ0) is 17.9. The van der Waals surface area contributed by atoms with Gasteiger partial charge < -0.3 is 10.1 Å². The molecular formula is C19H15FN4OS. The van der Waals surface area contributed by atoms with Crippen LogP contribution in [0.1, 0.15) is 11.8 Å². The highest BCUT2D eigenvalue weighted by Crippen LogP contribution is 2.39. The molecule has 0 radical (unpaired) electrons. The van der Waals surface area contributed by atoms with Crippen molar-refractivity contribution in [2.45, 2.75) is 11.4 Å². The number of thioether (sulfide) groups is 1. The molecule has 0 amide bonds. The molecule has 1 N–H and O–H groups in total. The van der Waals surface area contributed by atoms with E-state index in [9.17, 15) is 4.39 Å². The Labute approximate surface area is 154 Å². The number of para-hydroxylation sites is 1. The van der Waals surface area contributed by atoms with Crippen LogP contribution in [0.5, 0.6) is 5.88 Å². The van der Waals surface area contributed by atoms with Crippen molar-refractivity contribution in [3.8, 4) is 17.1 Å². The summed E-state index contributed by atoms with van der Waals surface area (Å²) in [5.74, 6) is 0.704. The molecule has 1 atom stereocenters. The van der Waals surface area contributed by atoms with Gasteiger partial charge in [0.25, 0.3) is 0 Å². The van der Waals surface area contributed by atoms with Crippen LogP contribution in [0, 0.1) is 5.82 Å². The van der Waals surface area contributed by atoms with E-state index in [4.69, 9.17) is 4.74 Å². The molecule has 1 aliphatic heterocycles. The molecule has 2 heterocycles. The third-order valence-corrected chi connectivity index (χ3v) is 4.65. The summed E-state index contributed by atoms with van der Waals surface area (Å²) >= 11 is 1.42. The maximum absolute atomic E-state index is 13.7. The van der Waals surface area contributed by atoms with Gasteiger partial charge in [0, 0.05) is 22.6 Å². The normalized spacial score (nSPS) is 15.0. The quantitative estimate of drug-likeness (QED) is 0.543. The van der Waals surface area contributed by atoms with Crippen molar-refractivity contribution in [1.29, 1.82) is 0 Å². The highest BCUT2D eigenvalue weighted by atomic mass is 32.2. The van der Waals surface area contributed by atoms with Crippen molar-refractivity contribution < 1.29 is 9.13 Å². The topological polar surface area (TPSA) is 59.9 Å². The number of nitrogens with zero attached hydrogens (tertiary/aromatic N) is 3. The van der Waals surface area contributed by atoms with Gasteiger partial charge in [-0.25, -0.2) is 4.39 Å². The van der Waals surface area contributed by atoms with Gasteiger partial charge in [-0.2, -0.15) is 4.98 Å². The lowest BCUT2D eigenvalue weighted by Gasteiger charge is -2.19. The van der Waals surface area contributed by atoms with Gasteiger partial charge in [-0.05, 0) is 18.2 Å². The summed E-state index contributed by atoms with van der Waals surface area (Å²) in [6.07, 6.45) is 1.18. The van der Waals surface area contributed by atoms with Gasteiger partial charge in [0.2, 0.25) is 11.0 Å². The molecule has 0 saturated carbocycles. The summed E-state index contributed by atoms with van der Waals surface area (Å²) in [5, 5.41) is 12.3. The zero-order valence-electron chi connectivity index (χ0n) is 13.7. The molecule has 26 heavy (non-hydrogen) atoms. The number of anilines is 1. The van der Waals surface area contributed by atoms with Crippen LogP contribution in [-0.2, 0) is 0 Å². The van der Waals surface area contributed by atoms with E-state index in [1.165, 1.54) is 23.9 Å². The number of ether oxygens (including phenoxy) is 1. The third kappa shape index (κ3) is 3.25. The Bertz CT molecular complexity index is 966. The molecular weight excluding hydrogens is 351 g/mol. The number of hydrogen-bond acceptors (Lipinski definition) is 6. The Kier molecular flexibility index (Phi) is 4.53. The number of aromatic nitrogens is 3. The van der Waals surface area contributed by atoms with Gasteiger partial charge in [0.1, 0.15) is 5.82 Å². The van der Waals surface area contributed by atoms with Crippen molar-refractivity contribution in [1.82, 2.24) is 15.2 Å². The van der Waals surface area contributed by atoms with E-state index >= 15 is 0 Å². The predicted octanol–water partition coefficient (Wildman–Crippen LogP) is 4.46. The van der Waals surface area contributed by atoms with E-state index < -0.39 is 6.23 Å². The SMILES string of the molecule is C=CCSc1nnc2c(n1)O[C@@H](c1cccc(F)c1)Nc1ccccc1-2. The highest BCUT2D eigenvalue weighted by molar-refractivity contribution is 7.99.